The molecular weight excluding hydrogens is 341 g/mol. The van der Waals surface area contributed by atoms with Gasteiger partial charge in [-0.2, -0.15) is 0 Å². The number of benzene rings is 1. The summed E-state index contributed by atoms with van der Waals surface area (Å²) in [5, 5.41) is 21.7. The van der Waals surface area contributed by atoms with E-state index in [1.807, 2.05) is 4.90 Å². The van der Waals surface area contributed by atoms with Crippen LogP contribution in [0.2, 0.25) is 0 Å². The van der Waals surface area contributed by atoms with Gasteiger partial charge in [-0.25, -0.2) is 4.39 Å². The predicted octanol–water partition coefficient (Wildman–Crippen LogP) is 1.12. The minimum Gasteiger partial charge on any atom is -0.490 e. The van der Waals surface area contributed by atoms with Gasteiger partial charge in [-0.05, 0) is 30.7 Å². The van der Waals surface area contributed by atoms with Crippen molar-refractivity contribution in [3.8, 4) is 5.75 Å². The van der Waals surface area contributed by atoms with Gasteiger partial charge < -0.3 is 24.4 Å². The molecule has 1 unspecified atom stereocenters. The zero-order valence-corrected chi connectivity index (χ0v) is 15.2. The van der Waals surface area contributed by atoms with Gasteiger partial charge in [0.25, 0.3) is 0 Å². The summed E-state index contributed by atoms with van der Waals surface area (Å²) in [6.45, 7) is 4.92. The minimum absolute atomic E-state index is 0.0378. The van der Waals surface area contributed by atoms with Gasteiger partial charge in [0.2, 0.25) is 0 Å². The summed E-state index contributed by atoms with van der Waals surface area (Å²) >= 11 is 0. The molecule has 0 radical (unpaired) electrons. The molecule has 3 rings (SSSR count). The second kappa shape index (κ2) is 8.19. The Labute approximate surface area is 153 Å². The fraction of sp³-hybridized carbons (Fsp3) is 0.684. The Morgan fingerprint density at radius 1 is 1.15 bits per heavy atom. The molecule has 1 aromatic rings. The zero-order valence-electron chi connectivity index (χ0n) is 15.2. The number of halogens is 1. The normalized spacial score (nSPS) is 27.1. The number of nitrogens with zero attached hydrogens (tertiary/aromatic N) is 1. The molecule has 2 heterocycles. The van der Waals surface area contributed by atoms with Crippen LogP contribution >= 0.6 is 0 Å². The highest BCUT2D eigenvalue weighted by Crippen LogP contribution is 2.24. The lowest BCUT2D eigenvalue weighted by Gasteiger charge is -2.38. The van der Waals surface area contributed by atoms with Gasteiger partial charge in [-0.1, -0.05) is 0 Å². The Morgan fingerprint density at radius 3 is 2.65 bits per heavy atom. The van der Waals surface area contributed by atoms with Crippen LogP contribution in [-0.2, 0) is 9.47 Å². The van der Waals surface area contributed by atoms with Gasteiger partial charge in [-0.3, -0.25) is 4.90 Å². The van der Waals surface area contributed by atoms with Gasteiger partial charge in [0.05, 0.1) is 18.8 Å². The Morgan fingerprint density at radius 2 is 1.92 bits per heavy atom. The first-order valence-corrected chi connectivity index (χ1v) is 9.09. The second-order valence-corrected chi connectivity index (χ2v) is 7.52. The van der Waals surface area contributed by atoms with Crippen LogP contribution in [0.25, 0.3) is 0 Å². The molecule has 1 aromatic carbocycles. The predicted molar refractivity (Wildman–Crippen MR) is 93.8 cm³/mol. The molecule has 0 amide bonds. The van der Waals surface area contributed by atoms with Crippen molar-refractivity contribution >= 4 is 0 Å². The Kier molecular flexibility index (Phi) is 6.14. The topological polar surface area (TPSA) is 71.4 Å². The Balaban J connectivity index is 1.60. The second-order valence-electron chi connectivity index (χ2n) is 7.52. The zero-order chi connectivity index (χ0) is 18.6. The molecule has 2 saturated heterocycles. The van der Waals surface area contributed by atoms with Gasteiger partial charge in [-0.15, -0.1) is 0 Å². The van der Waals surface area contributed by atoms with Crippen LogP contribution in [0.15, 0.2) is 18.2 Å². The van der Waals surface area contributed by atoms with Crippen LogP contribution in [0.4, 0.5) is 4.39 Å². The standard InChI is InChI=1S/C19H28FNO5/c1-15-10-16(2-3-17(15)20)26-14-19(23)12-21(6-9-25-13-19)11-18(22)4-7-24-8-5-18/h2-3,10,22-23H,4-9,11-14H2,1H3. The first kappa shape index (κ1) is 19.5. The van der Waals surface area contributed by atoms with E-state index in [0.717, 1.165) is 0 Å². The maximum atomic E-state index is 13.4. The van der Waals surface area contributed by atoms with Crippen molar-refractivity contribution in [1.29, 1.82) is 0 Å². The fourth-order valence-electron chi connectivity index (χ4n) is 3.47. The Bertz CT molecular complexity index is 608. The molecule has 2 aliphatic rings. The van der Waals surface area contributed by atoms with E-state index in [9.17, 15) is 14.6 Å². The van der Waals surface area contributed by atoms with E-state index in [1.165, 1.54) is 6.07 Å². The number of hydrogen-bond acceptors (Lipinski definition) is 6. The van der Waals surface area contributed by atoms with Gasteiger partial charge in [0.1, 0.15) is 23.8 Å². The summed E-state index contributed by atoms with van der Waals surface area (Å²) in [7, 11) is 0. The number of hydrogen-bond donors (Lipinski definition) is 2. The number of aryl methyl sites for hydroxylation is 1. The van der Waals surface area contributed by atoms with E-state index in [1.54, 1.807) is 19.1 Å². The molecule has 0 aliphatic carbocycles. The number of β-amino-alcohol motifs (C(OH)–C–C–N with tert-alkyl or cyclic N) is 2. The summed E-state index contributed by atoms with van der Waals surface area (Å²) < 4.78 is 29.9. The fourth-order valence-corrected chi connectivity index (χ4v) is 3.47. The third-order valence-corrected chi connectivity index (χ3v) is 5.02. The minimum atomic E-state index is -1.19. The lowest BCUT2D eigenvalue weighted by Crippen LogP contribution is -2.53. The van der Waals surface area contributed by atoms with E-state index in [2.05, 4.69) is 0 Å². The SMILES string of the molecule is Cc1cc(OCC2(O)COCCN(CC3(O)CCOCC3)C2)ccc1F. The molecule has 2 fully saturated rings. The summed E-state index contributed by atoms with van der Waals surface area (Å²) in [5.41, 5.74) is -1.49. The van der Waals surface area contributed by atoms with Crippen molar-refractivity contribution in [2.24, 2.45) is 0 Å². The van der Waals surface area contributed by atoms with Crippen LogP contribution in [-0.4, -0.2) is 79.0 Å². The van der Waals surface area contributed by atoms with E-state index < -0.39 is 11.2 Å². The van der Waals surface area contributed by atoms with Crippen LogP contribution in [0, 0.1) is 12.7 Å². The molecule has 6 nitrogen and oxygen atoms in total. The monoisotopic (exact) mass is 369 g/mol. The van der Waals surface area contributed by atoms with E-state index >= 15 is 0 Å². The highest BCUT2D eigenvalue weighted by molar-refractivity contribution is 5.28. The highest BCUT2D eigenvalue weighted by Gasteiger charge is 2.38. The molecule has 146 valence electrons. The average molecular weight is 369 g/mol. The van der Waals surface area contributed by atoms with Crippen molar-refractivity contribution < 1.29 is 28.8 Å². The van der Waals surface area contributed by atoms with Crippen LogP contribution < -0.4 is 4.74 Å². The lowest BCUT2D eigenvalue weighted by molar-refractivity contribution is -0.0948. The molecule has 7 heteroatoms. The van der Waals surface area contributed by atoms with Gasteiger partial charge in [0, 0.05) is 45.7 Å². The quantitative estimate of drug-likeness (QED) is 0.811. The molecule has 26 heavy (non-hydrogen) atoms. The smallest absolute Gasteiger partial charge is 0.134 e. The maximum absolute atomic E-state index is 13.4. The van der Waals surface area contributed by atoms with Crippen molar-refractivity contribution in [3.05, 3.63) is 29.6 Å². The van der Waals surface area contributed by atoms with Crippen LogP contribution in [0.5, 0.6) is 5.75 Å². The molecule has 0 saturated carbocycles. The molecule has 0 bridgehead atoms. The van der Waals surface area contributed by atoms with E-state index in [0.29, 0.717) is 63.6 Å². The van der Waals surface area contributed by atoms with Gasteiger partial charge >= 0.3 is 0 Å². The lowest BCUT2D eigenvalue weighted by atomic mass is 9.93. The third kappa shape index (κ3) is 5.14. The average Bonchev–Trinajstić information content (AvgIpc) is 2.78. The highest BCUT2D eigenvalue weighted by atomic mass is 19.1. The summed E-state index contributed by atoms with van der Waals surface area (Å²) in [6.07, 6.45) is 1.18. The summed E-state index contributed by atoms with van der Waals surface area (Å²) in [4.78, 5) is 2.03. The summed E-state index contributed by atoms with van der Waals surface area (Å²) in [5.74, 6) is 0.223. The number of aliphatic hydroxyl groups is 2. The van der Waals surface area contributed by atoms with Gasteiger partial charge in [0.15, 0.2) is 0 Å². The van der Waals surface area contributed by atoms with Crippen molar-refractivity contribution in [2.75, 3.05) is 52.7 Å². The van der Waals surface area contributed by atoms with Crippen molar-refractivity contribution in [3.63, 3.8) is 0 Å². The summed E-state index contributed by atoms with van der Waals surface area (Å²) in [6, 6.07) is 4.51. The maximum Gasteiger partial charge on any atom is 0.134 e. The molecule has 1 atom stereocenters. The molecule has 2 N–H and O–H groups in total. The van der Waals surface area contributed by atoms with Crippen molar-refractivity contribution in [1.82, 2.24) is 4.90 Å². The van der Waals surface area contributed by atoms with E-state index in [4.69, 9.17) is 14.2 Å². The molecular formula is C19H28FNO5. The first-order chi connectivity index (χ1) is 12.4. The van der Waals surface area contributed by atoms with Crippen LogP contribution in [0.3, 0.4) is 0 Å². The molecule has 0 aromatic heterocycles. The Hall–Kier alpha value is -1.25. The van der Waals surface area contributed by atoms with E-state index in [-0.39, 0.29) is 19.0 Å². The number of rotatable bonds is 5. The first-order valence-electron chi connectivity index (χ1n) is 9.09. The molecule has 2 aliphatic heterocycles. The third-order valence-electron chi connectivity index (χ3n) is 5.02. The van der Waals surface area contributed by atoms with Crippen molar-refractivity contribution in [2.45, 2.75) is 31.0 Å². The van der Waals surface area contributed by atoms with Crippen LogP contribution in [0.1, 0.15) is 18.4 Å². The molecule has 0 spiro atoms. The largest absolute Gasteiger partial charge is 0.490 e. The number of ether oxygens (including phenoxy) is 3.